The second-order valence-electron chi connectivity index (χ2n) is 1.97. The maximum Gasteiger partial charge on any atom is 0.153 e. The first kappa shape index (κ1) is 7.20. The molecule has 10 heavy (non-hydrogen) atoms. The summed E-state index contributed by atoms with van der Waals surface area (Å²) in [5, 5.41) is 6.52. The van der Waals surface area contributed by atoms with Crippen LogP contribution in [-0.4, -0.2) is 25.0 Å². The Morgan fingerprint density at radius 3 is 2.80 bits per heavy atom. The molecule has 0 spiro atoms. The van der Waals surface area contributed by atoms with Crippen molar-refractivity contribution in [2.24, 2.45) is 0 Å². The van der Waals surface area contributed by atoms with Gasteiger partial charge in [0, 0.05) is 11.5 Å². The van der Waals surface area contributed by atoms with Gasteiger partial charge in [-0.1, -0.05) is 0 Å². The number of rotatable bonds is 2. The molecule has 0 atom stereocenters. The summed E-state index contributed by atoms with van der Waals surface area (Å²) in [6, 6.07) is 0. The molecule has 1 aromatic heterocycles. The Morgan fingerprint density at radius 2 is 2.40 bits per heavy atom. The molecule has 1 rings (SSSR count). The van der Waals surface area contributed by atoms with Gasteiger partial charge in [-0.2, -0.15) is 0 Å². The minimum atomic E-state index is -3.01. The van der Waals surface area contributed by atoms with Crippen LogP contribution in [0.4, 0.5) is 0 Å². The summed E-state index contributed by atoms with van der Waals surface area (Å²) in [5.41, 5.74) is 0.336. The molecule has 0 bridgehead atoms. The molecule has 0 N–H and O–H groups in total. The van der Waals surface area contributed by atoms with Crippen LogP contribution < -0.4 is 0 Å². The van der Waals surface area contributed by atoms with Crippen LogP contribution in [0.3, 0.4) is 0 Å². The smallest absolute Gasteiger partial charge is 0.153 e. The van der Waals surface area contributed by atoms with Crippen LogP contribution in [0.5, 0.6) is 0 Å². The molecule has 6 heteroatoms. The van der Waals surface area contributed by atoms with E-state index in [-0.39, 0.29) is 5.75 Å². The molecular weight excluding hydrogens is 156 g/mol. The van der Waals surface area contributed by atoms with Gasteiger partial charge in [0.1, 0.15) is 12.0 Å². The highest BCUT2D eigenvalue weighted by Crippen LogP contribution is 1.97. The Kier molecular flexibility index (Phi) is 1.71. The molecule has 1 aromatic rings. The van der Waals surface area contributed by atoms with Crippen LogP contribution in [-0.2, 0) is 15.6 Å². The van der Waals surface area contributed by atoms with E-state index in [1.165, 1.54) is 6.26 Å². The Balaban J connectivity index is 2.75. The average Bonchev–Trinajstić information content (AvgIpc) is 2.12. The average molecular weight is 162 g/mol. The highest BCUT2D eigenvalue weighted by Gasteiger charge is 2.06. The highest BCUT2D eigenvalue weighted by atomic mass is 32.2. The summed E-state index contributed by atoms with van der Waals surface area (Å²) in [5.74, 6) is -0.115. The van der Waals surface area contributed by atoms with Crippen molar-refractivity contribution in [2.45, 2.75) is 5.75 Å². The van der Waals surface area contributed by atoms with Gasteiger partial charge < -0.3 is 4.52 Å². The molecule has 0 saturated carbocycles. The van der Waals surface area contributed by atoms with E-state index in [1.807, 2.05) is 0 Å². The second-order valence-corrected chi connectivity index (χ2v) is 4.11. The van der Waals surface area contributed by atoms with Gasteiger partial charge in [-0.25, -0.2) is 8.42 Å². The molecule has 0 amide bonds. The fourth-order valence-electron chi connectivity index (χ4n) is 0.516. The van der Waals surface area contributed by atoms with Crippen molar-refractivity contribution in [1.29, 1.82) is 0 Å². The summed E-state index contributed by atoms with van der Waals surface area (Å²) in [6.45, 7) is 0. The maximum absolute atomic E-state index is 10.6. The zero-order chi connectivity index (χ0) is 7.61. The van der Waals surface area contributed by atoms with Crippen molar-refractivity contribution in [1.82, 2.24) is 10.4 Å². The Labute approximate surface area is 57.9 Å². The lowest BCUT2D eigenvalue weighted by molar-refractivity contribution is 0.392. The van der Waals surface area contributed by atoms with Gasteiger partial charge >= 0.3 is 0 Å². The normalized spacial score (nSPS) is 11.7. The Bertz CT molecular complexity index is 288. The maximum atomic E-state index is 10.6. The van der Waals surface area contributed by atoms with Gasteiger partial charge in [0.15, 0.2) is 9.84 Å². The molecule has 0 aliphatic rings. The van der Waals surface area contributed by atoms with Crippen LogP contribution in [0.1, 0.15) is 5.69 Å². The van der Waals surface area contributed by atoms with Gasteiger partial charge in [-0.3, -0.25) is 0 Å². The number of hydrogen-bond donors (Lipinski definition) is 0. The SMILES string of the molecule is CS(=O)(=O)Cc1conn1. The fraction of sp³-hybridized carbons (Fsp3) is 0.500. The van der Waals surface area contributed by atoms with Crippen molar-refractivity contribution in [3.63, 3.8) is 0 Å². The fourth-order valence-corrected chi connectivity index (χ4v) is 1.18. The van der Waals surface area contributed by atoms with E-state index in [2.05, 4.69) is 14.9 Å². The standard InChI is InChI=1S/C4H6N2O3S/c1-10(7,8)3-4-2-9-6-5-4/h2H,3H2,1H3. The van der Waals surface area contributed by atoms with Crippen molar-refractivity contribution < 1.29 is 12.9 Å². The second kappa shape index (κ2) is 2.37. The molecule has 1 heterocycles. The van der Waals surface area contributed by atoms with Crippen LogP contribution >= 0.6 is 0 Å². The van der Waals surface area contributed by atoms with Crippen molar-refractivity contribution >= 4 is 9.84 Å². The van der Waals surface area contributed by atoms with Gasteiger partial charge in [0.2, 0.25) is 0 Å². The lowest BCUT2D eigenvalue weighted by Gasteiger charge is -1.87. The molecule has 0 aliphatic heterocycles. The quantitative estimate of drug-likeness (QED) is 0.592. The summed E-state index contributed by atoms with van der Waals surface area (Å²) < 4.78 is 25.5. The number of aromatic nitrogens is 2. The predicted molar refractivity (Wildman–Crippen MR) is 32.8 cm³/mol. The number of nitrogens with zero attached hydrogens (tertiary/aromatic N) is 2. The van der Waals surface area contributed by atoms with E-state index in [1.54, 1.807) is 0 Å². The first-order valence-corrected chi connectivity index (χ1v) is 4.57. The van der Waals surface area contributed by atoms with E-state index in [4.69, 9.17) is 0 Å². The first-order chi connectivity index (χ1) is 4.58. The molecule has 56 valence electrons. The summed E-state index contributed by atoms with van der Waals surface area (Å²) in [4.78, 5) is 0. The lowest BCUT2D eigenvalue weighted by atomic mass is 10.6. The molecule has 0 aromatic carbocycles. The third-order valence-corrected chi connectivity index (χ3v) is 1.64. The zero-order valence-electron chi connectivity index (χ0n) is 5.31. The van der Waals surface area contributed by atoms with Gasteiger partial charge in [0.05, 0.1) is 5.75 Å². The van der Waals surface area contributed by atoms with E-state index in [0.29, 0.717) is 5.69 Å². The molecule has 0 aliphatic carbocycles. The van der Waals surface area contributed by atoms with Crippen LogP contribution in [0.2, 0.25) is 0 Å². The molecule has 5 nitrogen and oxygen atoms in total. The zero-order valence-corrected chi connectivity index (χ0v) is 6.13. The van der Waals surface area contributed by atoms with Crippen LogP contribution in [0, 0.1) is 0 Å². The lowest BCUT2D eigenvalue weighted by Crippen LogP contribution is -2.00. The Hall–Kier alpha value is -0.910. The molecule has 0 saturated heterocycles. The summed E-state index contributed by atoms with van der Waals surface area (Å²) in [6.07, 6.45) is 2.34. The van der Waals surface area contributed by atoms with E-state index >= 15 is 0 Å². The highest BCUT2D eigenvalue weighted by molar-refractivity contribution is 7.89. The third-order valence-electron chi connectivity index (χ3n) is 0.815. The van der Waals surface area contributed by atoms with Crippen LogP contribution in [0.25, 0.3) is 0 Å². The van der Waals surface area contributed by atoms with Gasteiger partial charge in [-0.05, 0) is 0 Å². The van der Waals surface area contributed by atoms with E-state index in [9.17, 15) is 8.42 Å². The Morgan fingerprint density at radius 1 is 1.70 bits per heavy atom. The first-order valence-electron chi connectivity index (χ1n) is 2.51. The van der Waals surface area contributed by atoms with Crippen molar-refractivity contribution in [2.75, 3.05) is 6.26 Å². The monoisotopic (exact) mass is 162 g/mol. The molecule has 0 radical (unpaired) electrons. The third kappa shape index (κ3) is 2.14. The largest absolute Gasteiger partial charge is 0.345 e. The molecular formula is C4H6N2O3S. The summed E-state index contributed by atoms with van der Waals surface area (Å²) in [7, 11) is -3.01. The number of hydrogen-bond acceptors (Lipinski definition) is 5. The van der Waals surface area contributed by atoms with E-state index < -0.39 is 9.84 Å². The van der Waals surface area contributed by atoms with Gasteiger partial charge in [0.25, 0.3) is 0 Å². The van der Waals surface area contributed by atoms with E-state index in [0.717, 1.165) is 6.26 Å². The summed E-state index contributed by atoms with van der Waals surface area (Å²) >= 11 is 0. The minimum Gasteiger partial charge on any atom is -0.345 e. The molecule has 0 unspecified atom stereocenters. The van der Waals surface area contributed by atoms with Crippen molar-refractivity contribution in [3.05, 3.63) is 12.0 Å². The molecule has 0 fully saturated rings. The minimum absolute atomic E-state index is 0.115. The van der Waals surface area contributed by atoms with Crippen molar-refractivity contribution in [3.8, 4) is 0 Å². The predicted octanol–water partition coefficient (Wildman–Crippen LogP) is -0.386. The number of sulfone groups is 1. The topological polar surface area (TPSA) is 73.1 Å². The van der Waals surface area contributed by atoms with Gasteiger partial charge in [-0.15, -0.1) is 5.10 Å². The van der Waals surface area contributed by atoms with Crippen LogP contribution in [0.15, 0.2) is 10.8 Å².